The lowest BCUT2D eigenvalue weighted by atomic mass is 9.80. The van der Waals surface area contributed by atoms with E-state index in [-0.39, 0.29) is 59.6 Å². The minimum atomic E-state index is -1.12. The topological polar surface area (TPSA) is 82.8 Å². The summed E-state index contributed by atoms with van der Waals surface area (Å²) in [6, 6.07) is 8.20. The molecular formula is C27H22ClF3N2O4. The summed E-state index contributed by atoms with van der Waals surface area (Å²) in [6.07, 6.45) is 1.71. The van der Waals surface area contributed by atoms with Gasteiger partial charge in [-0.25, -0.2) is 13.2 Å². The Kier molecular flexibility index (Phi) is 5.72. The third kappa shape index (κ3) is 3.71. The summed E-state index contributed by atoms with van der Waals surface area (Å²) in [6.45, 7) is 0.984. The molecule has 192 valence electrons. The summed E-state index contributed by atoms with van der Waals surface area (Å²) in [5.41, 5.74) is 4.83. The molecule has 0 bridgehead atoms. The molecule has 3 aromatic carbocycles. The van der Waals surface area contributed by atoms with Crippen LogP contribution in [-0.2, 0) is 12.0 Å². The minimum Gasteiger partial charge on any atom is -0.486 e. The predicted octanol–water partition coefficient (Wildman–Crippen LogP) is 4.88. The maximum atomic E-state index is 16.0. The fourth-order valence-electron chi connectivity index (χ4n) is 5.64. The van der Waals surface area contributed by atoms with Crippen LogP contribution in [0, 0.1) is 17.5 Å². The SMILES string of the molecule is NC(=O)c1cc2c(c(F)c1-c1c(Cl)c(F)cc3c1CC(c1cccc(F)c1)(C1CCCN1)O3)OCCO2. The van der Waals surface area contributed by atoms with E-state index in [1.165, 1.54) is 18.2 Å². The summed E-state index contributed by atoms with van der Waals surface area (Å²) < 4.78 is 63.0. The van der Waals surface area contributed by atoms with Gasteiger partial charge in [-0.05, 0) is 37.6 Å². The van der Waals surface area contributed by atoms with Crippen LogP contribution in [0.5, 0.6) is 17.2 Å². The quantitative estimate of drug-likeness (QED) is 0.502. The van der Waals surface area contributed by atoms with Gasteiger partial charge in [0.2, 0.25) is 5.91 Å². The number of amides is 1. The first-order valence-corrected chi connectivity index (χ1v) is 12.3. The summed E-state index contributed by atoms with van der Waals surface area (Å²) in [7, 11) is 0. The Labute approximate surface area is 215 Å². The zero-order chi connectivity index (χ0) is 25.9. The van der Waals surface area contributed by atoms with Crippen molar-refractivity contribution in [2.45, 2.75) is 30.9 Å². The number of benzene rings is 3. The van der Waals surface area contributed by atoms with Crippen LogP contribution in [0.25, 0.3) is 11.1 Å². The van der Waals surface area contributed by atoms with Gasteiger partial charge >= 0.3 is 0 Å². The van der Waals surface area contributed by atoms with Gasteiger partial charge in [0.05, 0.1) is 16.6 Å². The van der Waals surface area contributed by atoms with Gasteiger partial charge in [0.1, 0.15) is 30.6 Å². The molecule has 37 heavy (non-hydrogen) atoms. The van der Waals surface area contributed by atoms with Crippen molar-refractivity contribution in [3.05, 3.63) is 75.6 Å². The van der Waals surface area contributed by atoms with Gasteiger partial charge in [0.25, 0.3) is 0 Å². The van der Waals surface area contributed by atoms with Gasteiger partial charge < -0.3 is 25.3 Å². The van der Waals surface area contributed by atoms with E-state index < -0.39 is 34.0 Å². The molecule has 0 saturated carbocycles. The second-order valence-corrected chi connectivity index (χ2v) is 9.73. The predicted molar refractivity (Wildman–Crippen MR) is 130 cm³/mol. The minimum absolute atomic E-state index is 0.0194. The Morgan fingerprint density at radius 2 is 1.89 bits per heavy atom. The van der Waals surface area contributed by atoms with Gasteiger partial charge in [-0.1, -0.05) is 23.7 Å². The van der Waals surface area contributed by atoms with Gasteiger partial charge in [-0.2, -0.15) is 0 Å². The number of carbonyl (C=O) groups excluding carboxylic acids is 1. The normalized spacial score (nSPS) is 22.0. The Hall–Kier alpha value is -3.43. The zero-order valence-corrected chi connectivity index (χ0v) is 20.3. The molecule has 1 amide bonds. The smallest absolute Gasteiger partial charge is 0.249 e. The molecule has 6 rings (SSSR count). The highest BCUT2D eigenvalue weighted by atomic mass is 35.5. The average Bonchev–Trinajstić information content (AvgIpc) is 3.55. The molecule has 10 heteroatoms. The van der Waals surface area contributed by atoms with Crippen molar-refractivity contribution in [3.63, 3.8) is 0 Å². The Balaban J connectivity index is 1.60. The standard InChI is InChI=1S/C27H22ClF3N2O4/c28-23-17(30)11-18-16(12-27(37-18,20-5-2-6-33-20)13-3-1-4-14(29)9-13)21(23)22-15(26(32)34)10-19-25(24(22)31)36-8-7-35-19/h1,3-4,9-11,20,33H,2,5-8,12H2,(H2,32,34). The largest absolute Gasteiger partial charge is 0.486 e. The van der Waals surface area contributed by atoms with E-state index in [0.29, 0.717) is 11.1 Å². The molecule has 2 atom stereocenters. The molecule has 6 nitrogen and oxygen atoms in total. The van der Waals surface area contributed by atoms with Crippen molar-refractivity contribution in [3.8, 4) is 28.4 Å². The Morgan fingerprint density at radius 3 is 2.62 bits per heavy atom. The van der Waals surface area contributed by atoms with Crippen molar-refractivity contribution in [2.75, 3.05) is 19.8 Å². The van der Waals surface area contributed by atoms with E-state index in [9.17, 15) is 9.18 Å². The molecule has 0 spiro atoms. The number of hydrogen-bond acceptors (Lipinski definition) is 5. The first kappa shape index (κ1) is 23.9. The monoisotopic (exact) mass is 530 g/mol. The second kappa shape index (κ2) is 8.85. The molecule has 0 aromatic heterocycles. The average molecular weight is 531 g/mol. The second-order valence-electron chi connectivity index (χ2n) is 9.35. The maximum Gasteiger partial charge on any atom is 0.249 e. The van der Waals surface area contributed by atoms with Crippen LogP contribution in [0.1, 0.15) is 34.3 Å². The lowest BCUT2D eigenvalue weighted by molar-refractivity contribution is 0.0536. The van der Waals surface area contributed by atoms with Gasteiger partial charge in [-0.15, -0.1) is 0 Å². The van der Waals surface area contributed by atoms with Crippen molar-refractivity contribution in [1.82, 2.24) is 5.32 Å². The highest BCUT2D eigenvalue weighted by molar-refractivity contribution is 6.34. The fourth-order valence-corrected chi connectivity index (χ4v) is 5.90. The molecule has 0 radical (unpaired) electrons. The third-order valence-electron chi connectivity index (χ3n) is 7.24. The summed E-state index contributed by atoms with van der Waals surface area (Å²) in [5.74, 6) is -3.28. The van der Waals surface area contributed by atoms with Crippen molar-refractivity contribution in [2.24, 2.45) is 5.73 Å². The molecule has 3 aliphatic rings. The van der Waals surface area contributed by atoms with E-state index in [0.717, 1.165) is 25.5 Å². The number of fused-ring (bicyclic) bond motifs is 2. The molecule has 0 aliphatic carbocycles. The van der Waals surface area contributed by atoms with Crippen LogP contribution in [0.15, 0.2) is 36.4 Å². The van der Waals surface area contributed by atoms with E-state index >= 15 is 8.78 Å². The first-order chi connectivity index (χ1) is 17.8. The van der Waals surface area contributed by atoms with Crippen LogP contribution in [0.4, 0.5) is 13.2 Å². The number of primary amides is 1. The van der Waals surface area contributed by atoms with Gasteiger partial charge in [0, 0.05) is 34.7 Å². The summed E-state index contributed by atoms with van der Waals surface area (Å²) >= 11 is 6.47. The van der Waals surface area contributed by atoms with Crippen LogP contribution in [0.2, 0.25) is 5.02 Å². The number of hydrogen-bond donors (Lipinski definition) is 2. The van der Waals surface area contributed by atoms with E-state index in [1.807, 2.05) is 0 Å². The lowest BCUT2D eigenvalue weighted by Gasteiger charge is -2.35. The van der Waals surface area contributed by atoms with Crippen LogP contribution in [-0.4, -0.2) is 31.7 Å². The first-order valence-electron chi connectivity index (χ1n) is 11.9. The molecule has 1 fully saturated rings. The molecule has 1 saturated heterocycles. The van der Waals surface area contributed by atoms with Crippen molar-refractivity contribution < 1.29 is 32.2 Å². The number of nitrogens with one attached hydrogen (secondary N) is 1. The van der Waals surface area contributed by atoms with Crippen LogP contribution >= 0.6 is 11.6 Å². The molecular weight excluding hydrogens is 509 g/mol. The zero-order valence-electron chi connectivity index (χ0n) is 19.5. The molecule has 3 heterocycles. The molecule has 3 aliphatic heterocycles. The molecule has 2 unspecified atom stereocenters. The fraction of sp³-hybridized carbons (Fsp3) is 0.296. The summed E-state index contributed by atoms with van der Waals surface area (Å²) in [5, 5.41) is 3.01. The number of nitrogens with two attached hydrogens (primary N) is 1. The number of ether oxygens (including phenoxy) is 3. The van der Waals surface area contributed by atoms with E-state index in [2.05, 4.69) is 5.32 Å². The van der Waals surface area contributed by atoms with Crippen LogP contribution in [0.3, 0.4) is 0 Å². The van der Waals surface area contributed by atoms with Crippen molar-refractivity contribution >= 4 is 17.5 Å². The molecule has 3 aromatic rings. The number of halogens is 4. The third-order valence-corrected chi connectivity index (χ3v) is 7.61. The Morgan fingerprint density at radius 1 is 1.08 bits per heavy atom. The van der Waals surface area contributed by atoms with Crippen LogP contribution < -0.4 is 25.3 Å². The van der Waals surface area contributed by atoms with E-state index in [1.54, 1.807) is 12.1 Å². The number of carbonyl (C=O) groups is 1. The summed E-state index contributed by atoms with van der Waals surface area (Å²) in [4.78, 5) is 12.5. The highest BCUT2D eigenvalue weighted by Gasteiger charge is 2.50. The maximum absolute atomic E-state index is 16.0. The van der Waals surface area contributed by atoms with Crippen molar-refractivity contribution in [1.29, 1.82) is 0 Å². The molecule has 3 N–H and O–H groups in total. The van der Waals surface area contributed by atoms with E-state index in [4.69, 9.17) is 31.5 Å². The lowest BCUT2D eigenvalue weighted by Crippen LogP contribution is -2.49. The number of rotatable bonds is 4. The highest BCUT2D eigenvalue weighted by Crippen LogP contribution is 2.53. The van der Waals surface area contributed by atoms with Gasteiger partial charge in [-0.3, -0.25) is 4.79 Å². The Bertz CT molecular complexity index is 1440. The van der Waals surface area contributed by atoms with Gasteiger partial charge in [0.15, 0.2) is 22.9 Å².